The second-order valence-corrected chi connectivity index (χ2v) is 10.6. The summed E-state index contributed by atoms with van der Waals surface area (Å²) < 4.78 is 0. The third-order valence-electron chi connectivity index (χ3n) is 4.32. The zero-order valence-corrected chi connectivity index (χ0v) is 16.8. The van der Waals surface area contributed by atoms with Gasteiger partial charge >= 0.3 is 0 Å². The van der Waals surface area contributed by atoms with Crippen LogP contribution in [-0.2, 0) is 6.16 Å². The summed E-state index contributed by atoms with van der Waals surface area (Å²) in [5, 5.41) is 0. The van der Waals surface area contributed by atoms with Gasteiger partial charge in [0.2, 0.25) is 0 Å². The molecular weight excluding hydrogens is 339 g/mol. The number of benzene rings is 1. The van der Waals surface area contributed by atoms with Crippen molar-refractivity contribution in [3.05, 3.63) is 35.9 Å². The lowest BCUT2D eigenvalue weighted by atomic mass is 10.2. The fraction of sp³-hybridized carbons (Fsp3) is 0.684. The van der Waals surface area contributed by atoms with Crippen molar-refractivity contribution in [1.29, 1.82) is 0 Å². The third-order valence-corrected chi connectivity index (χ3v) is 9.15. The van der Waals surface area contributed by atoms with E-state index in [0.29, 0.717) is 0 Å². The Labute approximate surface area is 144 Å². The number of rotatable bonds is 11. The van der Waals surface area contributed by atoms with Crippen molar-refractivity contribution in [2.75, 3.05) is 18.5 Å². The lowest BCUT2D eigenvalue weighted by molar-refractivity contribution is -0.00000452. The molecule has 0 fully saturated rings. The highest BCUT2D eigenvalue weighted by Crippen LogP contribution is 2.63. The van der Waals surface area contributed by atoms with Crippen molar-refractivity contribution < 1.29 is 17.0 Å². The molecule has 0 N–H and O–H groups in total. The van der Waals surface area contributed by atoms with Crippen molar-refractivity contribution in [3.63, 3.8) is 0 Å². The van der Waals surface area contributed by atoms with E-state index in [9.17, 15) is 0 Å². The first-order valence-electron chi connectivity index (χ1n) is 8.65. The minimum Gasteiger partial charge on any atom is -1.00 e. The zero-order valence-electron chi connectivity index (χ0n) is 14.3. The van der Waals surface area contributed by atoms with Gasteiger partial charge in [-0.3, -0.25) is 0 Å². The monoisotopic (exact) mass is 372 g/mol. The number of halogens is 1. The molecule has 0 radical (unpaired) electrons. The summed E-state index contributed by atoms with van der Waals surface area (Å²) in [5.74, 6) is 0. The molecule has 0 bridgehead atoms. The number of hydrogen-bond acceptors (Lipinski definition) is 0. The van der Waals surface area contributed by atoms with E-state index in [2.05, 4.69) is 51.1 Å². The zero-order chi connectivity index (χ0) is 14.7. The highest BCUT2D eigenvalue weighted by atomic mass is 79.9. The molecule has 0 atom stereocenters. The first-order valence-corrected chi connectivity index (χ1v) is 11.2. The van der Waals surface area contributed by atoms with Crippen LogP contribution < -0.4 is 17.0 Å². The first-order chi connectivity index (χ1) is 9.76. The molecule has 0 heterocycles. The summed E-state index contributed by atoms with van der Waals surface area (Å²) in [6, 6.07) is 11.3. The number of hydrogen-bond donors (Lipinski definition) is 0. The van der Waals surface area contributed by atoms with Gasteiger partial charge in [0.25, 0.3) is 0 Å². The van der Waals surface area contributed by atoms with E-state index in [1.165, 1.54) is 63.2 Å². The molecule has 0 nitrogen and oxygen atoms in total. The Morgan fingerprint density at radius 1 is 0.714 bits per heavy atom. The predicted octanol–water partition coefficient (Wildman–Crippen LogP) is 3.61. The van der Waals surface area contributed by atoms with E-state index in [-0.39, 0.29) is 17.0 Å². The van der Waals surface area contributed by atoms with Crippen LogP contribution in [0.2, 0.25) is 0 Å². The molecule has 0 aliphatic carbocycles. The Bertz CT molecular complexity index is 315. The van der Waals surface area contributed by atoms with Crippen LogP contribution in [0.15, 0.2) is 30.3 Å². The normalized spacial score (nSPS) is 11.2. The molecule has 0 amide bonds. The molecule has 21 heavy (non-hydrogen) atoms. The average Bonchev–Trinajstić information content (AvgIpc) is 2.49. The molecule has 0 saturated heterocycles. The van der Waals surface area contributed by atoms with Crippen molar-refractivity contribution in [2.45, 2.75) is 65.5 Å². The van der Waals surface area contributed by atoms with Gasteiger partial charge in [0.05, 0.1) is 24.6 Å². The largest absolute Gasteiger partial charge is 1.00 e. The molecule has 0 aliphatic rings. The fourth-order valence-electron chi connectivity index (χ4n) is 3.02. The molecule has 1 aromatic carbocycles. The van der Waals surface area contributed by atoms with E-state index in [0.717, 1.165) is 0 Å². The minimum atomic E-state index is -0.768. The maximum Gasteiger partial charge on any atom is 0.0842 e. The average molecular weight is 373 g/mol. The quantitative estimate of drug-likeness (QED) is 0.520. The van der Waals surface area contributed by atoms with Crippen molar-refractivity contribution >= 4 is 7.26 Å². The van der Waals surface area contributed by atoms with Crippen LogP contribution in [0.3, 0.4) is 0 Å². The van der Waals surface area contributed by atoms with Gasteiger partial charge < -0.3 is 17.0 Å². The maximum atomic E-state index is 2.35. The van der Waals surface area contributed by atoms with E-state index in [4.69, 9.17) is 0 Å². The predicted molar refractivity (Wildman–Crippen MR) is 96.4 cm³/mol. The lowest BCUT2D eigenvalue weighted by Crippen LogP contribution is -3.00. The second kappa shape index (κ2) is 12.7. The van der Waals surface area contributed by atoms with Gasteiger partial charge in [-0.15, -0.1) is 0 Å². The molecule has 0 spiro atoms. The molecular formula is C19H34BrP. The highest BCUT2D eigenvalue weighted by molar-refractivity contribution is 7.75. The Hall–Kier alpha value is 0.130. The fourth-order valence-corrected chi connectivity index (χ4v) is 8.12. The van der Waals surface area contributed by atoms with Crippen LogP contribution in [0.4, 0.5) is 0 Å². The highest BCUT2D eigenvalue weighted by Gasteiger charge is 2.35. The summed E-state index contributed by atoms with van der Waals surface area (Å²) >= 11 is 0. The van der Waals surface area contributed by atoms with Crippen LogP contribution in [0.5, 0.6) is 0 Å². The molecule has 122 valence electrons. The molecule has 0 aromatic heterocycles. The topological polar surface area (TPSA) is 0 Å². The first kappa shape index (κ1) is 21.1. The van der Waals surface area contributed by atoms with Gasteiger partial charge in [-0.2, -0.15) is 0 Å². The van der Waals surface area contributed by atoms with E-state index in [1.807, 2.05) is 0 Å². The van der Waals surface area contributed by atoms with E-state index < -0.39 is 7.26 Å². The van der Waals surface area contributed by atoms with Crippen LogP contribution in [0.25, 0.3) is 0 Å². The molecule has 2 heteroatoms. The molecule has 1 aromatic rings. The Kier molecular flexibility index (Phi) is 12.7. The van der Waals surface area contributed by atoms with Gasteiger partial charge in [0.15, 0.2) is 0 Å². The summed E-state index contributed by atoms with van der Waals surface area (Å²) in [5.41, 5.74) is 1.59. The summed E-state index contributed by atoms with van der Waals surface area (Å²) in [6.45, 7) is 7.03. The Morgan fingerprint density at radius 3 is 1.52 bits per heavy atom. The molecule has 0 unspecified atom stereocenters. The van der Waals surface area contributed by atoms with Crippen LogP contribution in [0, 0.1) is 0 Å². The maximum absolute atomic E-state index is 2.35. The summed E-state index contributed by atoms with van der Waals surface area (Å²) in [4.78, 5) is 0. The van der Waals surface area contributed by atoms with E-state index in [1.54, 1.807) is 5.56 Å². The van der Waals surface area contributed by atoms with Crippen LogP contribution in [0.1, 0.15) is 64.9 Å². The van der Waals surface area contributed by atoms with Gasteiger partial charge in [0, 0.05) is 7.26 Å². The van der Waals surface area contributed by atoms with Crippen molar-refractivity contribution in [2.24, 2.45) is 0 Å². The summed E-state index contributed by atoms with van der Waals surface area (Å²) in [6.07, 6.45) is 14.4. The van der Waals surface area contributed by atoms with Crippen LogP contribution >= 0.6 is 7.26 Å². The Balaban J connectivity index is 0.00000400. The van der Waals surface area contributed by atoms with Crippen molar-refractivity contribution in [1.82, 2.24) is 0 Å². The van der Waals surface area contributed by atoms with Crippen LogP contribution in [-0.4, -0.2) is 18.5 Å². The van der Waals surface area contributed by atoms with Crippen molar-refractivity contribution in [3.8, 4) is 0 Å². The Morgan fingerprint density at radius 2 is 1.14 bits per heavy atom. The number of unbranched alkanes of at least 4 members (excludes halogenated alkanes) is 3. The van der Waals surface area contributed by atoms with Gasteiger partial charge in [-0.1, -0.05) is 70.4 Å². The van der Waals surface area contributed by atoms with Gasteiger partial charge in [0.1, 0.15) is 0 Å². The second-order valence-electron chi connectivity index (χ2n) is 6.22. The lowest BCUT2D eigenvalue weighted by Gasteiger charge is -2.28. The van der Waals surface area contributed by atoms with E-state index >= 15 is 0 Å². The standard InChI is InChI=1S/C19H34P.BrH/c1-4-7-15-20(16-8-5-2,17-9-6-3)18-19-13-11-10-12-14-19;/h10-14H,4-9,15-18H2,1-3H3;1H/q+1;/p-1. The van der Waals surface area contributed by atoms with Gasteiger partial charge in [-0.25, -0.2) is 0 Å². The molecule has 0 aliphatic heterocycles. The SMILES string of the molecule is CCCC[P+](CCCC)(CCCC)Cc1ccccc1.[Br-]. The summed E-state index contributed by atoms with van der Waals surface area (Å²) in [7, 11) is -0.768. The smallest absolute Gasteiger partial charge is 0.0842 e. The minimum absolute atomic E-state index is 0. The third kappa shape index (κ3) is 8.36. The molecule has 1 rings (SSSR count). The molecule has 0 saturated carbocycles. The van der Waals surface area contributed by atoms with Gasteiger partial charge in [-0.05, 0) is 24.8 Å².